The third kappa shape index (κ3) is 1.61. The second-order valence-electron chi connectivity index (χ2n) is 1.74. The summed E-state index contributed by atoms with van der Waals surface area (Å²) in [5.74, 6) is 0. The maximum atomic E-state index is 6.76. The molecule has 0 spiro atoms. The van der Waals surface area contributed by atoms with Crippen LogP contribution >= 0.6 is 0 Å². The fourth-order valence-electron chi connectivity index (χ4n) is 0.660. The highest BCUT2D eigenvalue weighted by Crippen LogP contribution is 1.98. The highest BCUT2D eigenvalue weighted by molar-refractivity contribution is 5.47. The second-order valence-corrected chi connectivity index (χ2v) is 1.74. The number of hydrogen-bond donors (Lipinski definition) is 0. The molecule has 1 aromatic rings. The van der Waals surface area contributed by atoms with Gasteiger partial charge in [-0.15, -0.1) is 0 Å². The summed E-state index contributed by atoms with van der Waals surface area (Å²) < 4.78 is 0. The molecule has 0 aliphatic carbocycles. The van der Waals surface area contributed by atoms with Crippen LogP contribution in [0.4, 0.5) is 0 Å². The monoisotopic (exact) mass is 118 g/mol. The molecule has 45 valence electrons. The van der Waals surface area contributed by atoms with Crippen molar-refractivity contribution in [2.24, 2.45) is 0 Å². The number of benzene rings is 1. The van der Waals surface area contributed by atoms with Gasteiger partial charge in [0, 0.05) is 6.20 Å². The van der Waals surface area contributed by atoms with Gasteiger partial charge in [0.15, 0.2) is 0 Å². The van der Waals surface area contributed by atoms with Crippen molar-refractivity contribution in [3.05, 3.63) is 42.1 Å². The van der Waals surface area contributed by atoms with Crippen LogP contribution in [-0.4, -0.2) is 0 Å². The standard InChI is InChI=1S/C8H8N/c9-7-6-8-4-2-1-3-5-8/h1-7,9H. The molecule has 1 aromatic carbocycles. The minimum Gasteiger partial charge on any atom is -0.309 e. The second kappa shape index (κ2) is 2.92. The third-order valence-electron chi connectivity index (χ3n) is 1.08. The summed E-state index contributed by atoms with van der Waals surface area (Å²) in [5, 5.41) is 0. The zero-order valence-electron chi connectivity index (χ0n) is 5.04. The number of hydrogen-bond acceptors (Lipinski definition) is 0. The Balaban J connectivity index is 2.85. The Morgan fingerprint density at radius 3 is 2.33 bits per heavy atom. The van der Waals surface area contributed by atoms with Gasteiger partial charge in [-0.3, -0.25) is 0 Å². The molecular weight excluding hydrogens is 110 g/mol. The highest BCUT2D eigenvalue weighted by atomic mass is 14.5. The zero-order valence-corrected chi connectivity index (χ0v) is 5.04. The Hall–Kier alpha value is -1.24. The lowest BCUT2D eigenvalue weighted by molar-refractivity contribution is 1.54. The van der Waals surface area contributed by atoms with Gasteiger partial charge in [0.25, 0.3) is 0 Å². The summed E-state index contributed by atoms with van der Waals surface area (Å²) >= 11 is 0. The van der Waals surface area contributed by atoms with Crippen LogP contribution in [0, 0.1) is 0 Å². The lowest BCUT2D eigenvalue weighted by Crippen LogP contribution is -1.67. The molecule has 9 heavy (non-hydrogen) atoms. The summed E-state index contributed by atoms with van der Waals surface area (Å²) in [6.45, 7) is 0. The first kappa shape index (κ1) is 5.89. The van der Waals surface area contributed by atoms with Crippen LogP contribution in [-0.2, 0) is 0 Å². The average molecular weight is 118 g/mol. The lowest BCUT2D eigenvalue weighted by atomic mass is 10.2. The first-order valence-electron chi connectivity index (χ1n) is 2.82. The van der Waals surface area contributed by atoms with E-state index in [9.17, 15) is 0 Å². The van der Waals surface area contributed by atoms with E-state index >= 15 is 0 Å². The van der Waals surface area contributed by atoms with Gasteiger partial charge in [-0.2, -0.15) is 0 Å². The van der Waals surface area contributed by atoms with E-state index in [-0.39, 0.29) is 0 Å². The van der Waals surface area contributed by atoms with Crippen LogP contribution in [0.2, 0.25) is 0 Å². The van der Waals surface area contributed by atoms with Crippen molar-refractivity contribution in [2.75, 3.05) is 0 Å². The topological polar surface area (TPSA) is 23.8 Å². The minimum absolute atomic E-state index is 1.08. The maximum absolute atomic E-state index is 6.76. The molecule has 0 saturated heterocycles. The molecule has 0 aliphatic heterocycles. The van der Waals surface area contributed by atoms with E-state index in [1.54, 1.807) is 6.08 Å². The first-order chi connectivity index (χ1) is 4.43. The van der Waals surface area contributed by atoms with Crippen molar-refractivity contribution < 1.29 is 0 Å². The van der Waals surface area contributed by atoms with Gasteiger partial charge in [0.2, 0.25) is 0 Å². The summed E-state index contributed by atoms with van der Waals surface area (Å²) in [7, 11) is 0. The van der Waals surface area contributed by atoms with E-state index in [0.29, 0.717) is 0 Å². The summed E-state index contributed by atoms with van der Waals surface area (Å²) in [6, 6.07) is 9.79. The molecule has 1 nitrogen and oxygen atoms in total. The SMILES string of the molecule is [NH]C=Cc1ccccc1. The van der Waals surface area contributed by atoms with Gasteiger partial charge in [-0.1, -0.05) is 30.3 Å². The van der Waals surface area contributed by atoms with Crippen LogP contribution in [0.3, 0.4) is 0 Å². The van der Waals surface area contributed by atoms with Crippen LogP contribution in [0.25, 0.3) is 6.08 Å². The number of rotatable bonds is 1. The molecule has 0 fully saturated rings. The van der Waals surface area contributed by atoms with Gasteiger partial charge >= 0.3 is 0 Å². The highest BCUT2D eigenvalue weighted by Gasteiger charge is 1.78. The largest absolute Gasteiger partial charge is 0.309 e. The fourth-order valence-corrected chi connectivity index (χ4v) is 0.660. The molecule has 0 unspecified atom stereocenters. The van der Waals surface area contributed by atoms with Gasteiger partial charge in [-0.05, 0) is 11.6 Å². The molecule has 0 saturated carbocycles. The molecule has 1 radical (unpaired) electrons. The Labute approximate surface area is 54.8 Å². The summed E-state index contributed by atoms with van der Waals surface area (Å²) in [6.07, 6.45) is 3.04. The normalized spacial score (nSPS) is 10.2. The van der Waals surface area contributed by atoms with E-state index < -0.39 is 0 Å². The van der Waals surface area contributed by atoms with Crippen molar-refractivity contribution in [2.45, 2.75) is 0 Å². The van der Waals surface area contributed by atoms with Crippen molar-refractivity contribution >= 4 is 6.08 Å². The first-order valence-corrected chi connectivity index (χ1v) is 2.82. The average Bonchev–Trinajstić information content (AvgIpc) is 1.91. The van der Waals surface area contributed by atoms with E-state index in [1.165, 1.54) is 6.20 Å². The van der Waals surface area contributed by atoms with Gasteiger partial charge in [0.05, 0.1) is 0 Å². The minimum atomic E-state index is 1.08. The predicted octanol–water partition coefficient (Wildman–Crippen LogP) is 1.94. The fraction of sp³-hybridized carbons (Fsp3) is 0. The Morgan fingerprint density at radius 1 is 1.11 bits per heavy atom. The molecule has 1 N–H and O–H groups in total. The molecule has 0 aromatic heterocycles. The Bertz CT molecular complexity index is 189. The lowest BCUT2D eigenvalue weighted by Gasteiger charge is -1.86. The van der Waals surface area contributed by atoms with Crippen molar-refractivity contribution in [3.8, 4) is 0 Å². The summed E-state index contributed by atoms with van der Waals surface area (Å²) in [5.41, 5.74) is 7.84. The molecular formula is C8H8N. The smallest absolute Gasteiger partial charge is 0.0183 e. The molecule has 1 heteroatoms. The molecule has 0 amide bonds. The molecule has 0 atom stereocenters. The van der Waals surface area contributed by atoms with Gasteiger partial charge in [0.1, 0.15) is 0 Å². The predicted molar refractivity (Wildman–Crippen MR) is 38.6 cm³/mol. The Morgan fingerprint density at radius 2 is 1.78 bits per heavy atom. The van der Waals surface area contributed by atoms with E-state index in [1.807, 2.05) is 30.3 Å². The van der Waals surface area contributed by atoms with Crippen LogP contribution in [0.15, 0.2) is 36.5 Å². The van der Waals surface area contributed by atoms with Gasteiger partial charge < -0.3 is 5.73 Å². The van der Waals surface area contributed by atoms with Crippen LogP contribution in [0.5, 0.6) is 0 Å². The molecule has 0 aliphatic rings. The quantitative estimate of drug-likeness (QED) is 0.538. The van der Waals surface area contributed by atoms with Crippen molar-refractivity contribution in [1.82, 2.24) is 5.73 Å². The zero-order chi connectivity index (χ0) is 6.53. The summed E-state index contributed by atoms with van der Waals surface area (Å²) in [4.78, 5) is 0. The van der Waals surface area contributed by atoms with E-state index in [0.717, 1.165) is 5.56 Å². The van der Waals surface area contributed by atoms with Crippen LogP contribution < -0.4 is 5.73 Å². The third-order valence-corrected chi connectivity index (χ3v) is 1.08. The maximum Gasteiger partial charge on any atom is 0.0183 e. The van der Waals surface area contributed by atoms with E-state index in [2.05, 4.69) is 0 Å². The van der Waals surface area contributed by atoms with E-state index in [4.69, 9.17) is 5.73 Å². The number of nitrogens with one attached hydrogen (secondary N) is 1. The van der Waals surface area contributed by atoms with Gasteiger partial charge in [-0.25, -0.2) is 0 Å². The molecule has 0 bridgehead atoms. The van der Waals surface area contributed by atoms with Crippen molar-refractivity contribution in [1.29, 1.82) is 0 Å². The van der Waals surface area contributed by atoms with Crippen LogP contribution in [0.1, 0.15) is 5.56 Å². The molecule has 1 rings (SSSR count). The Kier molecular flexibility index (Phi) is 1.91. The van der Waals surface area contributed by atoms with Crippen molar-refractivity contribution in [3.63, 3.8) is 0 Å². The molecule has 0 heterocycles.